The van der Waals surface area contributed by atoms with Gasteiger partial charge in [-0.15, -0.1) is 0 Å². The van der Waals surface area contributed by atoms with Crippen LogP contribution in [0, 0.1) is 17.2 Å². The summed E-state index contributed by atoms with van der Waals surface area (Å²) in [6.45, 7) is 2.44. The van der Waals surface area contributed by atoms with Crippen LogP contribution in [0.1, 0.15) is 40.4 Å². The van der Waals surface area contributed by atoms with Gasteiger partial charge in [0.05, 0.1) is 17.7 Å². The van der Waals surface area contributed by atoms with Crippen LogP contribution in [0.2, 0.25) is 0 Å². The molecule has 6 rings (SSSR count). The third-order valence-electron chi connectivity index (χ3n) is 7.86. The molecule has 2 aromatic heterocycles. The number of fused-ring (bicyclic) bond motifs is 2. The number of carbonyl (C=O) groups is 1. The van der Waals surface area contributed by atoms with E-state index in [9.17, 15) is 19.6 Å². The van der Waals surface area contributed by atoms with Crippen molar-refractivity contribution < 1.29 is 4.79 Å². The number of H-pyrrole nitrogens is 1. The number of nitriles is 1. The van der Waals surface area contributed by atoms with Gasteiger partial charge < -0.3 is 10.2 Å². The Bertz CT molecular complexity index is 1700. The lowest BCUT2D eigenvalue weighted by atomic mass is 9.94. The molecule has 0 spiro atoms. The number of carbonyl (C=O) groups excluding carboxylic acids is 1. The summed E-state index contributed by atoms with van der Waals surface area (Å²) in [6.07, 6.45) is 0.974. The zero-order chi connectivity index (χ0) is 26.4. The Morgan fingerprint density at radius 2 is 1.89 bits per heavy atom. The molecule has 0 radical (unpaired) electrons. The first-order valence-electron chi connectivity index (χ1n) is 12.7. The van der Waals surface area contributed by atoms with E-state index in [2.05, 4.69) is 21.3 Å². The molecule has 2 aromatic carbocycles. The first-order chi connectivity index (χ1) is 18.5. The van der Waals surface area contributed by atoms with E-state index in [1.807, 2.05) is 30.3 Å². The molecule has 4 aromatic rings. The minimum Gasteiger partial charge on any atom is -0.338 e. The van der Waals surface area contributed by atoms with Gasteiger partial charge in [-0.25, -0.2) is 4.79 Å². The predicted molar refractivity (Wildman–Crippen MR) is 142 cm³/mol. The molecule has 2 N–H and O–H groups in total. The molecular weight excluding hydrogens is 482 g/mol. The normalized spacial score (nSPS) is 19.4. The molecule has 0 amide bonds. The highest BCUT2D eigenvalue weighted by Gasteiger charge is 2.41. The molecular formula is C28H27N7O3. The number of hydrogen-bond donors (Lipinski definition) is 2. The average Bonchev–Trinajstić information content (AvgIpc) is 3.66. The van der Waals surface area contributed by atoms with Gasteiger partial charge in [-0.1, -0.05) is 48.5 Å². The highest BCUT2D eigenvalue weighted by molar-refractivity contribution is 5.96. The molecule has 0 aliphatic carbocycles. The van der Waals surface area contributed by atoms with Gasteiger partial charge in [0.25, 0.3) is 5.56 Å². The molecule has 3 unspecified atom stereocenters. The van der Waals surface area contributed by atoms with E-state index in [1.54, 1.807) is 35.9 Å². The molecule has 2 aliphatic heterocycles. The molecule has 0 bridgehead atoms. The highest BCUT2D eigenvalue weighted by atomic mass is 16.2. The number of ketones is 1. The molecule has 10 heteroatoms. The fourth-order valence-electron chi connectivity index (χ4n) is 5.93. The molecule has 192 valence electrons. The van der Waals surface area contributed by atoms with Crippen molar-refractivity contribution in [2.24, 2.45) is 13.0 Å². The summed E-state index contributed by atoms with van der Waals surface area (Å²) in [5, 5.41) is 13.4. The van der Waals surface area contributed by atoms with Crippen LogP contribution in [0.3, 0.4) is 0 Å². The van der Waals surface area contributed by atoms with Crippen LogP contribution in [0.5, 0.6) is 0 Å². The zero-order valence-corrected chi connectivity index (χ0v) is 20.9. The zero-order valence-electron chi connectivity index (χ0n) is 20.9. The van der Waals surface area contributed by atoms with Crippen LogP contribution in [-0.2, 0) is 7.05 Å². The second-order valence-corrected chi connectivity index (χ2v) is 9.95. The minimum atomic E-state index is -0.703. The third kappa shape index (κ3) is 3.83. The maximum absolute atomic E-state index is 13.6. The number of aryl methyl sites for hydroxylation is 1. The van der Waals surface area contributed by atoms with E-state index in [0.29, 0.717) is 28.6 Å². The molecule has 4 heterocycles. The van der Waals surface area contributed by atoms with Crippen LogP contribution in [0.4, 0.5) is 5.95 Å². The number of rotatable bonds is 6. The van der Waals surface area contributed by atoms with Crippen molar-refractivity contribution in [1.29, 1.82) is 5.26 Å². The minimum absolute atomic E-state index is 0.00360. The van der Waals surface area contributed by atoms with Crippen molar-refractivity contribution in [2.75, 3.05) is 24.5 Å². The van der Waals surface area contributed by atoms with E-state index in [4.69, 9.17) is 4.98 Å². The largest absolute Gasteiger partial charge is 0.338 e. The lowest BCUT2D eigenvalue weighted by Crippen LogP contribution is -2.37. The summed E-state index contributed by atoms with van der Waals surface area (Å²) >= 11 is 0. The Morgan fingerprint density at radius 3 is 2.68 bits per heavy atom. The number of anilines is 1. The van der Waals surface area contributed by atoms with Gasteiger partial charge >= 0.3 is 5.69 Å². The summed E-state index contributed by atoms with van der Waals surface area (Å²) in [5.74, 6) is 0.849. The first kappa shape index (κ1) is 23.9. The summed E-state index contributed by atoms with van der Waals surface area (Å²) < 4.78 is 3.11. The summed E-state index contributed by atoms with van der Waals surface area (Å²) in [5.41, 5.74) is 0.886. The van der Waals surface area contributed by atoms with Crippen LogP contribution in [0.15, 0.2) is 64.2 Å². The van der Waals surface area contributed by atoms with Crippen LogP contribution < -0.4 is 21.5 Å². The number of nitrogens with zero attached hydrogens (tertiary/aromatic N) is 5. The van der Waals surface area contributed by atoms with Gasteiger partial charge in [0, 0.05) is 44.7 Å². The van der Waals surface area contributed by atoms with Crippen molar-refractivity contribution >= 4 is 22.9 Å². The SMILES string of the molecule is Cn1c(=O)[nH]c(=O)c2c1nc(N1CCC3CNCC31)n2C(CC(=O)c1ccccc1)c1ccccc1C#N. The van der Waals surface area contributed by atoms with Crippen molar-refractivity contribution in [3.63, 3.8) is 0 Å². The van der Waals surface area contributed by atoms with Gasteiger partial charge in [-0.3, -0.25) is 23.7 Å². The molecule has 0 saturated carbocycles. The number of nitrogens with one attached hydrogen (secondary N) is 2. The topological polar surface area (TPSA) is 129 Å². The van der Waals surface area contributed by atoms with E-state index < -0.39 is 17.3 Å². The van der Waals surface area contributed by atoms with Gasteiger partial charge in [0.15, 0.2) is 16.9 Å². The number of hydrogen-bond acceptors (Lipinski definition) is 7. The monoisotopic (exact) mass is 509 g/mol. The lowest BCUT2D eigenvalue weighted by Gasteiger charge is -2.29. The fraction of sp³-hybridized carbons (Fsp3) is 0.321. The van der Waals surface area contributed by atoms with Gasteiger partial charge in [0.1, 0.15) is 0 Å². The Kier molecular flexibility index (Phi) is 5.93. The second kappa shape index (κ2) is 9.43. The first-order valence-corrected chi connectivity index (χ1v) is 12.7. The molecule has 2 saturated heterocycles. The summed E-state index contributed by atoms with van der Waals surface area (Å²) in [4.78, 5) is 48.9. The maximum Gasteiger partial charge on any atom is 0.329 e. The number of benzene rings is 2. The second-order valence-electron chi connectivity index (χ2n) is 9.95. The number of Topliss-reactive ketones (excluding diaryl/α,β-unsaturated/α-hetero) is 1. The highest BCUT2D eigenvalue weighted by Crippen LogP contribution is 2.38. The Labute approximate surface area is 218 Å². The maximum atomic E-state index is 13.6. The third-order valence-corrected chi connectivity index (χ3v) is 7.86. The van der Waals surface area contributed by atoms with Crippen molar-refractivity contribution in [3.8, 4) is 6.07 Å². The average molecular weight is 510 g/mol. The van der Waals surface area contributed by atoms with Crippen LogP contribution in [-0.4, -0.2) is 50.6 Å². The molecule has 2 aliphatic rings. The number of aromatic nitrogens is 4. The van der Waals surface area contributed by atoms with Crippen molar-refractivity contribution in [1.82, 2.24) is 24.4 Å². The molecule has 2 fully saturated rings. The standard InChI is InChI=1S/C28H27N7O3/c1-33-25-24(26(37)32-28(33)38)35(27(31-25)34-12-11-19-15-30-16-22(19)34)21(20-10-6-5-9-18(20)14-29)13-23(36)17-7-3-2-4-8-17/h2-10,19,21-22,30H,11-13,15-16H2,1H3,(H,32,37,38). The smallest absolute Gasteiger partial charge is 0.329 e. The summed E-state index contributed by atoms with van der Waals surface area (Å²) in [6, 6.07) is 17.8. The van der Waals surface area contributed by atoms with Gasteiger partial charge in [-0.05, 0) is 24.0 Å². The fourth-order valence-corrected chi connectivity index (χ4v) is 5.93. The van der Waals surface area contributed by atoms with E-state index in [1.165, 1.54) is 4.57 Å². The molecule has 10 nitrogen and oxygen atoms in total. The molecule has 3 atom stereocenters. The summed E-state index contributed by atoms with van der Waals surface area (Å²) in [7, 11) is 1.57. The Hall–Kier alpha value is -4.49. The van der Waals surface area contributed by atoms with Crippen LogP contribution >= 0.6 is 0 Å². The number of imidazole rings is 1. The van der Waals surface area contributed by atoms with Crippen LogP contribution in [0.25, 0.3) is 11.2 Å². The number of aromatic amines is 1. The molecule has 38 heavy (non-hydrogen) atoms. The lowest BCUT2D eigenvalue weighted by molar-refractivity contribution is 0.0970. The van der Waals surface area contributed by atoms with E-state index >= 15 is 0 Å². The van der Waals surface area contributed by atoms with Gasteiger partial charge in [-0.2, -0.15) is 10.2 Å². The predicted octanol–water partition coefficient (Wildman–Crippen LogP) is 1.96. The van der Waals surface area contributed by atoms with Gasteiger partial charge in [0.2, 0.25) is 5.95 Å². The quantitative estimate of drug-likeness (QED) is 0.380. The van der Waals surface area contributed by atoms with Crippen molar-refractivity contribution in [3.05, 3.63) is 92.1 Å². The Morgan fingerprint density at radius 1 is 1.13 bits per heavy atom. The van der Waals surface area contributed by atoms with Crippen molar-refractivity contribution in [2.45, 2.75) is 24.9 Å². The van der Waals surface area contributed by atoms with E-state index in [-0.39, 0.29) is 29.4 Å². The van der Waals surface area contributed by atoms with E-state index in [0.717, 1.165) is 26.1 Å². The Balaban J connectivity index is 1.63.